The number of rotatable bonds is 6. The number of aryl methyl sites for hydroxylation is 2. The highest BCUT2D eigenvalue weighted by Gasteiger charge is 2.07. The third kappa shape index (κ3) is 3.91. The van der Waals surface area contributed by atoms with Gasteiger partial charge in [0.25, 0.3) is 0 Å². The van der Waals surface area contributed by atoms with Gasteiger partial charge in [0.2, 0.25) is 5.91 Å². The van der Waals surface area contributed by atoms with Crippen LogP contribution in [0.4, 0.5) is 4.39 Å². The van der Waals surface area contributed by atoms with Crippen LogP contribution in [0.2, 0.25) is 0 Å². The minimum absolute atomic E-state index is 0.0808. The van der Waals surface area contributed by atoms with Crippen LogP contribution < -0.4 is 5.32 Å². The van der Waals surface area contributed by atoms with Crippen LogP contribution in [0, 0.1) is 12.7 Å². The van der Waals surface area contributed by atoms with Crippen molar-refractivity contribution in [3.63, 3.8) is 0 Å². The van der Waals surface area contributed by atoms with Gasteiger partial charge in [-0.05, 0) is 37.0 Å². The molecule has 0 atom stereocenters. The van der Waals surface area contributed by atoms with Gasteiger partial charge in [-0.15, -0.1) is 0 Å². The number of aromatic amines is 1. The summed E-state index contributed by atoms with van der Waals surface area (Å²) in [5.41, 5.74) is 2.65. The third-order valence-corrected chi connectivity index (χ3v) is 3.19. The summed E-state index contributed by atoms with van der Waals surface area (Å²) in [5.74, 6) is -0.490. The zero-order valence-corrected chi connectivity index (χ0v) is 11.4. The van der Waals surface area contributed by atoms with Crippen molar-refractivity contribution in [2.24, 2.45) is 0 Å². The number of amides is 1. The Balaban J connectivity index is 1.71. The smallest absolute Gasteiger partial charge is 0.224 e. The molecule has 0 bridgehead atoms. The average Bonchev–Trinajstić information content (AvgIpc) is 2.83. The summed E-state index contributed by atoms with van der Waals surface area (Å²) in [4.78, 5) is 11.7. The van der Waals surface area contributed by atoms with E-state index in [1.54, 1.807) is 24.4 Å². The van der Waals surface area contributed by atoms with E-state index in [1.165, 1.54) is 6.07 Å². The van der Waals surface area contributed by atoms with Crippen molar-refractivity contribution in [3.05, 3.63) is 53.1 Å². The Labute approximate surface area is 117 Å². The molecule has 0 aliphatic carbocycles. The van der Waals surface area contributed by atoms with Gasteiger partial charge < -0.3 is 5.32 Å². The molecule has 1 aromatic heterocycles. The van der Waals surface area contributed by atoms with Gasteiger partial charge in [-0.1, -0.05) is 18.2 Å². The Morgan fingerprint density at radius 3 is 2.85 bits per heavy atom. The molecule has 2 N–H and O–H groups in total. The maximum atomic E-state index is 13.4. The number of nitrogens with one attached hydrogen (secondary N) is 2. The van der Waals surface area contributed by atoms with E-state index in [4.69, 9.17) is 0 Å². The molecule has 5 heteroatoms. The fourth-order valence-electron chi connectivity index (χ4n) is 2.01. The van der Waals surface area contributed by atoms with Gasteiger partial charge in [0.15, 0.2) is 0 Å². The number of carbonyl (C=O) groups is 1. The quantitative estimate of drug-likeness (QED) is 0.794. The molecule has 0 saturated heterocycles. The molecule has 0 aliphatic heterocycles. The molecule has 0 unspecified atom stereocenters. The molecular weight excluding hydrogens is 257 g/mol. The first-order valence-corrected chi connectivity index (χ1v) is 6.66. The predicted octanol–water partition coefficient (Wildman–Crippen LogP) is 2.15. The molecule has 2 rings (SSSR count). The molecule has 0 saturated carbocycles. The van der Waals surface area contributed by atoms with E-state index in [-0.39, 0.29) is 18.1 Å². The average molecular weight is 275 g/mol. The predicted molar refractivity (Wildman–Crippen MR) is 74.8 cm³/mol. The largest absolute Gasteiger partial charge is 0.356 e. The summed E-state index contributed by atoms with van der Waals surface area (Å²) >= 11 is 0. The van der Waals surface area contributed by atoms with Crippen LogP contribution in [-0.4, -0.2) is 22.6 Å². The number of nitrogens with zero attached hydrogens (tertiary/aromatic N) is 1. The minimum atomic E-state index is -0.336. The number of H-pyrrole nitrogens is 1. The topological polar surface area (TPSA) is 57.8 Å². The number of aromatic nitrogens is 2. The van der Waals surface area contributed by atoms with Crippen LogP contribution in [0.25, 0.3) is 0 Å². The molecule has 0 radical (unpaired) electrons. The Kier molecular flexibility index (Phi) is 4.87. The van der Waals surface area contributed by atoms with Gasteiger partial charge in [-0.3, -0.25) is 9.89 Å². The number of hydrogen-bond donors (Lipinski definition) is 2. The van der Waals surface area contributed by atoms with Gasteiger partial charge in [0, 0.05) is 12.2 Å². The molecule has 0 fully saturated rings. The van der Waals surface area contributed by atoms with E-state index in [1.807, 2.05) is 6.92 Å². The van der Waals surface area contributed by atoms with E-state index in [0.717, 1.165) is 24.1 Å². The first-order chi connectivity index (χ1) is 9.66. The van der Waals surface area contributed by atoms with E-state index >= 15 is 0 Å². The zero-order chi connectivity index (χ0) is 14.4. The second-order valence-corrected chi connectivity index (χ2v) is 4.74. The van der Waals surface area contributed by atoms with Crippen molar-refractivity contribution in [3.8, 4) is 0 Å². The number of benzene rings is 1. The molecule has 0 spiro atoms. The summed E-state index contributed by atoms with van der Waals surface area (Å²) in [7, 11) is 0. The van der Waals surface area contributed by atoms with Crippen molar-refractivity contribution in [2.75, 3.05) is 6.54 Å². The van der Waals surface area contributed by atoms with Gasteiger partial charge in [0.1, 0.15) is 5.82 Å². The van der Waals surface area contributed by atoms with Crippen molar-refractivity contribution < 1.29 is 9.18 Å². The number of carbonyl (C=O) groups excluding carboxylic acids is 1. The first kappa shape index (κ1) is 14.2. The first-order valence-electron chi connectivity index (χ1n) is 6.66. The SMILES string of the molecule is Cc1[nH]ncc1CCCNC(=O)Cc1ccccc1F. The van der Waals surface area contributed by atoms with E-state index in [2.05, 4.69) is 15.5 Å². The lowest BCUT2D eigenvalue weighted by atomic mass is 10.1. The van der Waals surface area contributed by atoms with Crippen LogP contribution in [0.5, 0.6) is 0 Å². The normalized spacial score (nSPS) is 10.5. The van der Waals surface area contributed by atoms with Crippen LogP contribution >= 0.6 is 0 Å². The fourth-order valence-corrected chi connectivity index (χ4v) is 2.01. The monoisotopic (exact) mass is 275 g/mol. The summed E-state index contributed by atoms with van der Waals surface area (Å²) in [6.45, 7) is 2.55. The summed E-state index contributed by atoms with van der Waals surface area (Å²) in [6, 6.07) is 6.34. The second-order valence-electron chi connectivity index (χ2n) is 4.74. The van der Waals surface area contributed by atoms with Crippen LogP contribution in [0.1, 0.15) is 23.2 Å². The highest BCUT2D eigenvalue weighted by molar-refractivity contribution is 5.78. The lowest BCUT2D eigenvalue weighted by molar-refractivity contribution is -0.120. The Hall–Kier alpha value is -2.17. The summed E-state index contributed by atoms with van der Waals surface area (Å²) < 4.78 is 13.4. The lowest BCUT2D eigenvalue weighted by Gasteiger charge is -2.06. The summed E-state index contributed by atoms with van der Waals surface area (Å²) in [5, 5.41) is 9.63. The lowest BCUT2D eigenvalue weighted by Crippen LogP contribution is -2.26. The highest BCUT2D eigenvalue weighted by Crippen LogP contribution is 2.07. The Bertz CT molecular complexity index is 580. The fraction of sp³-hybridized carbons (Fsp3) is 0.333. The van der Waals surface area contributed by atoms with Crippen molar-refractivity contribution in [1.29, 1.82) is 0 Å². The standard InChI is InChI=1S/C15H18FN3O/c1-11-13(10-18-19-11)6-4-8-17-15(20)9-12-5-2-3-7-14(12)16/h2-3,5,7,10H,4,6,8-9H2,1H3,(H,17,20)(H,18,19). The second kappa shape index (κ2) is 6.84. The minimum Gasteiger partial charge on any atom is -0.356 e. The molecule has 0 aliphatic rings. The van der Waals surface area contributed by atoms with Gasteiger partial charge in [-0.2, -0.15) is 5.10 Å². The highest BCUT2D eigenvalue weighted by atomic mass is 19.1. The molecule has 1 heterocycles. The Morgan fingerprint density at radius 1 is 1.35 bits per heavy atom. The molecule has 2 aromatic rings. The molecule has 1 amide bonds. The van der Waals surface area contributed by atoms with Crippen LogP contribution in [0.15, 0.2) is 30.5 Å². The molecule has 1 aromatic carbocycles. The van der Waals surface area contributed by atoms with Crippen molar-refractivity contribution in [1.82, 2.24) is 15.5 Å². The molecule has 106 valence electrons. The third-order valence-electron chi connectivity index (χ3n) is 3.19. The number of hydrogen-bond acceptors (Lipinski definition) is 2. The molecular formula is C15H18FN3O. The van der Waals surface area contributed by atoms with Crippen molar-refractivity contribution in [2.45, 2.75) is 26.2 Å². The van der Waals surface area contributed by atoms with Gasteiger partial charge in [-0.25, -0.2) is 4.39 Å². The van der Waals surface area contributed by atoms with Crippen LogP contribution in [-0.2, 0) is 17.6 Å². The van der Waals surface area contributed by atoms with Gasteiger partial charge >= 0.3 is 0 Å². The van der Waals surface area contributed by atoms with E-state index in [9.17, 15) is 9.18 Å². The maximum Gasteiger partial charge on any atom is 0.224 e. The van der Waals surface area contributed by atoms with Crippen LogP contribution in [0.3, 0.4) is 0 Å². The summed E-state index contributed by atoms with van der Waals surface area (Å²) in [6.07, 6.45) is 3.58. The Morgan fingerprint density at radius 2 is 2.15 bits per heavy atom. The van der Waals surface area contributed by atoms with E-state index < -0.39 is 0 Å². The molecule has 4 nitrogen and oxygen atoms in total. The molecule has 20 heavy (non-hydrogen) atoms. The van der Waals surface area contributed by atoms with Crippen molar-refractivity contribution >= 4 is 5.91 Å². The van der Waals surface area contributed by atoms with E-state index in [0.29, 0.717) is 12.1 Å². The maximum absolute atomic E-state index is 13.4. The number of halogens is 1. The zero-order valence-electron chi connectivity index (χ0n) is 11.4. The van der Waals surface area contributed by atoms with Gasteiger partial charge in [0.05, 0.1) is 12.6 Å².